The number of carbonyl (C=O) groups excluding carboxylic acids is 1. The van der Waals surface area contributed by atoms with Gasteiger partial charge in [-0.1, -0.05) is 13.0 Å². The van der Waals surface area contributed by atoms with Crippen molar-refractivity contribution in [2.75, 3.05) is 26.3 Å². The van der Waals surface area contributed by atoms with Crippen LogP contribution in [0.5, 0.6) is 0 Å². The van der Waals surface area contributed by atoms with E-state index >= 15 is 0 Å². The Hall–Kier alpha value is -0.830. The summed E-state index contributed by atoms with van der Waals surface area (Å²) in [6.45, 7) is 8.57. The lowest BCUT2D eigenvalue weighted by Crippen LogP contribution is -2.43. The minimum atomic E-state index is 0.116. The number of carbonyl (C=O) groups is 1. The van der Waals surface area contributed by atoms with E-state index < -0.39 is 0 Å². The molecule has 0 aromatic rings. The second-order valence-corrected chi connectivity index (χ2v) is 3.57. The number of morpholine rings is 1. The Morgan fingerprint density at radius 1 is 1.57 bits per heavy atom. The highest BCUT2D eigenvalue weighted by molar-refractivity contribution is 5.79. The van der Waals surface area contributed by atoms with Gasteiger partial charge in [0, 0.05) is 19.0 Å². The molecule has 0 aromatic heterocycles. The summed E-state index contributed by atoms with van der Waals surface area (Å²) in [5.41, 5.74) is 0. The minimum Gasteiger partial charge on any atom is -0.378 e. The Balaban J connectivity index is 2.47. The van der Waals surface area contributed by atoms with Crippen LogP contribution in [-0.2, 0) is 9.53 Å². The summed E-state index contributed by atoms with van der Waals surface area (Å²) in [5, 5.41) is 0. The molecule has 0 saturated carbocycles. The molecule has 1 fully saturated rings. The highest BCUT2D eigenvalue weighted by Crippen LogP contribution is 2.13. The van der Waals surface area contributed by atoms with E-state index in [0.29, 0.717) is 13.2 Å². The van der Waals surface area contributed by atoms with Crippen LogP contribution in [0.2, 0.25) is 0 Å². The third-order valence-electron chi connectivity index (χ3n) is 2.62. The average molecular weight is 197 g/mol. The fourth-order valence-electron chi connectivity index (χ4n) is 1.69. The predicted octanol–water partition coefficient (Wildman–Crippen LogP) is 1.45. The molecule has 0 N–H and O–H groups in total. The van der Waals surface area contributed by atoms with Crippen LogP contribution < -0.4 is 0 Å². The Labute approximate surface area is 85.7 Å². The van der Waals surface area contributed by atoms with E-state index in [-0.39, 0.29) is 11.8 Å². The first kappa shape index (κ1) is 11.2. The Morgan fingerprint density at radius 3 is 2.71 bits per heavy atom. The largest absolute Gasteiger partial charge is 0.378 e. The van der Waals surface area contributed by atoms with Crippen LogP contribution in [0.3, 0.4) is 0 Å². The van der Waals surface area contributed by atoms with E-state index in [0.717, 1.165) is 25.9 Å². The van der Waals surface area contributed by atoms with Gasteiger partial charge in [-0.15, -0.1) is 6.58 Å². The predicted molar refractivity (Wildman–Crippen MR) is 56.0 cm³/mol. The number of ether oxygens (including phenoxy) is 1. The molecule has 3 nitrogen and oxygen atoms in total. The highest BCUT2D eigenvalue weighted by atomic mass is 16.5. The van der Waals surface area contributed by atoms with Crippen molar-refractivity contribution >= 4 is 5.91 Å². The molecule has 0 aromatic carbocycles. The molecule has 3 heteroatoms. The number of hydrogen-bond donors (Lipinski definition) is 0. The van der Waals surface area contributed by atoms with E-state index in [1.165, 1.54) is 0 Å². The number of nitrogens with zero attached hydrogens (tertiary/aromatic N) is 1. The van der Waals surface area contributed by atoms with Crippen molar-refractivity contribution in [1.29, 1.82) is 0 Å². The fraction of sp³-hybridized carbons (Fsp3) is 0.727. The molecule has 1 rings (SSSR count). The van der Waals surface area contributed by atoms with Gasteiger partial charge in [0.05, 0.1) is 13.2 Å². The van der Waals surface area contributed by atoms with Gasteiger partial charge in [0.15, 0.2) is 0 Å². The minimum absolute atomic E-state index is 0.116. The Bertz CT molecular complexity index is 197. The van der Waals surface area contributed by atoms with Crippen LogP contribution in [0.25, 0.3) is 0 Å². The summed E-state index contributed by atoms with van der Waals surface area (Å²) in [5.74, 6) is 0.376. The van der Waals surface area contributed by atoms with Gasteiger partial charge in [0.1, 0.15) is 0 Å². The third kappa shape index (κ3) is 2.84. The molecule has 0 spiro atoms. The van der Waals surface area contributed by atoms with Crippen LogP contribution >= 0.6 is 0 Å². The zero-order valence-corrected chi connectivity index (χ0v) is 8.87. The van der Waals surface area contributed by atoms with Crippen molar-refractivity contribution in [3.63, 3.8) is 0 Å². The summed E-state index contributed by atoms with van der Waals surface area (Å²) < 4.78 is 5.21. The van der Waals surface area contributed by atoms with Crippen molar-refractivity contribution in [2.45, 2.75) is 19.8 Å². The van der Waals surface area contributed by atoms with Gasteiger partial charge in [-0.3, -0.25) is 4.79 Å². The summed E-state index contributed by atoms with van der Waals surface area (Å²) >= 11 is 0. The zero-order valence-electron chi connectivity index (χ0n) is 8.87. The first-order valence-electron chi connectivity index (χ1n) is 5.27. The van der Waals surface area contributed by atoms with Crippen molar-refractivity contribution < 1.29 is 9.53 Å². The van der Waals surface area contributed by atoms with E-state index in [4.69, 9.17) is 4.74 Å². The van der Waals surface area contributed by atoms with Gasteiger partial charge in [-0.25, -0.2) is 0 Å². The van der Waals surface area contributed by atoms with Crippen LogP contribution in [0.4, 0.5) is 0 Å². The lowest BCUT2D eigenvalue weighted by Gasteiger charge is -2.29. The molecule has 14 heavy (non-hydrogen) atoms. The maximum atomic E-state index is 11.9. The van der Waals surface area contributed by atoms with Gasteiger partial charge in [-0.2, -0.15) is 0 Å². The summed E-state index contributed by atoms with van der Waals surface area (Å²) in [7, 11) is 0. The lowest BCUT2D eigenvalue weighted by atomic mass is 10.0. The fourth-order valence-corrected chi connectivity index (χ4v) is 1.69. The number of amides is 1. The zero-order chi connectivity index (χ0) is 10.4. The van der Waals surface area contributed by atoms with E-state index in [1.54, 1.807) is 0 Å². The smallest absolute Gasteiger partial charge is 0.226 e. The van der Waals surface area contributed by atoms with Crippen LogP contribution in [-0.4, -0.2) is 37.1 Å². The summed E-state index contributed by atoms with van der Waals surface area (Å²) in [6, 6.07) is 0. The van der Waals surface area contributed by atoms with E-state index in [2.05, 4.69) is 6.58 Å². The monoisotopic (exact) mass is 197 g/mol. The van der Waals surface area contributed by atoms with Gasteiger partial charge < -0.3 is 9.64 Å². The summed E-state index contributed by atoms with van der Waals surface area (Å²) in [4.78, 5) is 13.8. The van der Waals surface area contributed by atoms with E-state index in [1.807, 2.05) is 17.9 Å². The lowest BCUT2D eigenvalue weighted by molar-refractivity contribution is -0.139. The number of rotatable bonds is 4. The van der Waals surface area contributed by atoms with Crippen molar-refractivity contribution in [2.24, 2.45) is 5.92 Å². The molecule has 1 aliphatic rings. The van der Waals surface area contributed by atoms with Gasteiger partial charge >= 0.3 is 0 Å². The molecule has 0 aliphatic carbocycles. The molecule has 80 valence electrons. The second-order valence-electron chi connectivity index (χ2n) is 3.57. The van der Waals surface area contributed by atoms with Crippen LogP contribution in [0.1, 0.15) is 19.8 Å². The quantitative estimate of drug-likeness (QED) is 0.638. The Morgan fingerprint density at radius 2 is 2.21 bits per heavy atom. The van der Waals surface area contributed by atoms with Crippen LogP contribution in [0, 0.1) is 5.92 Å². The van der Waals surface area contributed by atoms with Crippen molar-refractivity contribution in [1.82, 2.24) is 4.90 Å². The molecule has 1 heterocycles. The Kier molecular flexibility index (Phi) is 4.66. The average Bonchev–Trinajstić information content (AvgIpc) is 2.26. The third-order valence-corrected chi connectivity index (χ3v) is 2.62. The topological polar surface area (TPSA) is 29.5 Å². The van der Waals surface area contributed by atoms with Gasteiger partial charge in [0.25, 0.3) is 0 Å². The van der Waals surface area contributed by atoms with E-state index in [9.17, 15) is 4.79 Å². The standard InChI is InChI=1S/C11H19NO2/c1-3-5-10(4-2)11(13)12-6-8-14-9-7-12/h3,10H,1,4-9H2,2H3. The van der Waals surface area contributed by atoms with Crippen molar-refractivity contribution in [3.05, 3.63) is 12.7 Å². The summed E-state index contributed by atoms with van der Waals surface area (Å²) in [6.07, 6.45) is 3.50. The molecular formula is C11H19NO2. The molecule has 1 atom stereocenters. The molecule has 1 amide bonds. The highest BCUT2D eigenvalue weighted by Gasteiger charge is 2.23. The maximum Gasteiger partial charge on any atom is 0.226 e. The second kappa shape index (κ2) is 5.81. The molecule has 0 radical (unpaired) electrons. The molecule has 1 saturated heterocycles. The van der Waals surface area contributed by atoms with Crippen LogP contribution in [0.15, 0.2) is 12.7 Å². The number of hydrogen-bond acceptors (Lipinski definition) is 2. The van der Waals surface area contributed by atoms with Gasteiger partial charge in [0.2, 0.25) is 5.91 Å². The SMILES string of the molecule is C=CCC(CC)C(=O)N1CCOCC1. The van der Waals surface area contributed by atoms with Gasteiger partial charge in [-0.05, 0) is 12.8 Å². The molecule has 0 bridgehead atoms. The number of allylic oxidation sites excluding steroid dienone is 1. The molecular weight excluding hydrogens is 178 g/mol. The van der Waals surface area contributed by atoms with Crippen molar-refractivity contribution in [3.8, 4) is 0 Å². The first-order chi connectivity index (χ1) is 6.79. The molecule has 1 unspecified atom stereocenters. The normalized spacial score (nSPS) is 19.1. The molecule has 1 aliphatic heterocycles. The maximum absolute atomic E-state index is 11.9. The first-order valence-corrected chi connectivity index (χ1v) is 5.27.